The highest BCUT2D eigenvalue weighted by atomic mass is 32.2. The van der Waals surface area contributed by atoms with Crippen LogP contribution >= 0.6 is 11.3 Å². The molecule has 0 spiro atoms. The van der Waals surface area contributed by atoms with Crippen molar-refractivity contribution in [3.63, 3.8) is 0 Å². The van der Waals surface area contributed by atoms with Gasteiger partial charge in [-0.05, 0) is 23.6 Å². The third-order valence-corrected chi connectivity index (χ3v) is 4.02. The van der Waals surface area contributed by atoms with Crippen LogP contribution in [0.4, 0.5) is 5.69 Å². The number of nitrogens with two attached hydrogens (primary N) is 1. The van der Waals surface area contributed by atoms with Gasteiger partial charge in [-0.3, -0.25) is 4.79 Å². The van der Waals surface area contributed by atoms with Crippen molar-refractivity contribution in [3.05, 3.63) is 46.7 Å². The van der Waals surface area contributed by atoms with Gasteiger partial charge < -0.3 is 5.32 Å². The van der Waals surface area contributed by atoms with Gasteiger partial charge in [0.15, 0.2) is 0 Å². The number of sulfonamides is 1. The van der Waals surface area contributed by atoms with Gasteiger partial charge >= 0.3 is 0 Å². The smallest absolute Gasteiger partial charge is 0.265 e. The molecule has 0 aliphatic rings. The van der Waals surface area contributed by atoms with E-state index in [1.54, 1.807) is 29.6 Å². The van der Waals surface area contributed by atoms with E-state index in [9.17, 15) is 13.2 Å². The number of rotatable bonds is 3. The summed E-state index contributed by atoms with van der Waals surface area (Å²) in [6.07, 6.45) is 0. The Morgan fingerprint density at radius 3 is 2.50 bits per heavy atom. The predicted molar refractivity (Wildman–Crippen MR) is 70.1 cm³/mol. The second-order valence-corrected chi connectivity index (χ2v) is 5.95. The molecule has 7 heteroatoms. The van der Waals surface area contributed by atoms with Crippen LogP contribution in [0, 0.1) is 0 Å². The van der Waals surface area contributed by atoms with Crippen molar-refractivity contribution in [3.8, 4) is 0 Å². The zero-order chi connectivity index (χ0) is 13.2. The number of thiophene rings is 1. The second kappa shape index (κ2) is 4.89. The van der Waals surface area contributed by atoms with Gasteiger partial charge in [-0.1, -0.05) is 18.2 Å². The van der Waals surface area contributed by atoms with Crippen LogP contribution in [-0.2, 0) is 10.0 Å². The van der Waals surface area contributed by atoms with E-state index >= 15 is 0 Å². The number of hydrogen-bond donors (Lipinski definition) is 2. The van der Waals surface area contributed by atoms with Crippen LogP contribution < -0.4 is 10.5 Å². The first-order chi connectivity index (χ1) is 8.48. The molecular formula is C11H10N2O3S2. The maximum Gasteiger partial charge on any atom is 0.265 e. The van der Waals surface area contributed by atoms with E-state index in [-0.39, 0.29) is 16.5 Å². The summed E-state index contributed by atoms with van der Waals surface area (Å²) in [4.78, 5) is 12.2. The fourth-order valence-corrected chi connectivity index (χ4v) is 2.72. The number of anilines is 1. The zero-order valence-corrected chi connectivity index (χ0v) is 10.8. The minimum absolute atomic E-state index is 0.102. The number of hydrogen-bond acceptors (Lipinski definition) is 4. The summed E-state index contributed by atoms with van der Waals surface area (Å²) in [6.45, 7) is 0. The fourth-order valence-electron chi connectivity index (χ4n) is 1.41. The molecule has 0 aliphatic carbocycles. The summed E-state index contributed by atoms with van der Waals surface area (Å²) < 4.78 is 22.7. The Balaban J connectivity index is 2.33. The number of benzene rings is 1. The fraction of sp³-hybridized carbons (Fsp3) is 0. The lowest BCUT2D eigenvalue weighted by atomic mass is 10.3. The van der Waals surface area contributed by atoms with Gasteiger partial charge in [0.05, 0.1) is 10.6 Å². The summed E-state index contributed by atoms with van der Waals surface area (Å²) in [5, 5.41) is 9.37. The summed E-state index contributed by atoms with van der Waals surface area (Å²) in [7, 11) is -3.86. The molecule has 0 aliphatic heterocycles. The number of nitrogens with one attached hydrogen (secondary N) is 1. The molecule has 0 saturated carbocycles. The maximum absolute atomic E-state index is 11.8. The molecule has 94 valence electrons. The monoisotopic (exact) mass is 282 g/mol. The molecule has 1 amide bonds. The first kappa shape index (κ1) is 12.7. The van der Waals surface area contributed by atoms with Crippen molar-refractivity contribution in [1.29, 1.82) is 0 Å². The SMILES string of the molecule is NS(=O)(=O)c1ccccc1NC(=O)c1cccs1. The number of primary sulfonamides is 1. The molecule has 1 aromatic heterocycles. The Kier molecular flexibility index (Phi) is 3.46. The average Bonchev–Trinajstić information content (AvgIpc) is 2.81. The van der Waals surface area contributed by atoms with Crippen molar-refractivity contribution < 1.29 is 13.2 Å². The first-order valence-corrected chi connectivity index (χ1v) is 7.38. The van der Waals surface area contributed by atoms with Crippen molar-refractivity contribution in [1.82, 2.24) is 0 Å². The first-order valence-electron chi connectivity index (χ1n) is 4.95. The predicted octanol–water partition coefficient (Wildman–Crippen LogP) is 1.65. The van der Waals surface area contributed by atoms with Gasteiger partial charge in [-0.15, -0.1) is 11.3 Å². The molecule has 1 heterocycles. The molecule has 0 atom stereocenters. The number of carbonyl (C=O) groups is 1. The van der Waals surface area contributed by atoms with Gasteiger partial charge in [0.1, 0.15) is 4.90 Å². The molecule has 0 bridgehead atoms. The quantitative estimate of drug-likeness (QED) is 0.897. The summed E-state index contributed by atoms with van der Waals surface area (Å²) in [6, 6.07) is 9.40. The van der Waals surface area contributed by atoms with E-state index in [2.05, 4.69) is 5.32 Å². The van der Waals surface area contributed by atoms with Gasteiger partial charge in [-0.2, -0.15) is 0 Å². The average molecular weight is 282 g/mol. The highest BCUT2D eigenvalue weighted by molar-refractivity contribution is 7.89. The number of amides is 1. The zero-order valence-electron chi connectivity index (χ0n) is 9.16. The Morgan fingerprint density at radius 1 is 1.17 bits per heavy atom. The number of carbonyl (C=O) groups excluding carboxylic acids is 1. The van der Waals surface area contributed by atoms with E-state index in [0.29, 0.717) is 4.88 Å². The topological polar surface area (TPSA) is 89.3 Å². The molecule has 2 aromatic rings. The minimum atomic E-state index is -3.86. The van der Waals surface area contributed by atoms with E-state index in [1.807, 2.05) is 0 Å². The molecule has 1 aromatic carbocycles. The van der Waals surface area contributed by atoms with Crippen molar-refractivity contribution >= 4 is 33.0 Å². The molecule has 2 rings (SSSR count). The lowest BCUT2D eigenvalue weighted by Gasteiger charge is -2.08. The minimum Gasteiger partial charge on any atom is -0.320 e. The summed E-state index contributed by atoms with van der Waals surface area (Å²) >= 11 is 1.27. The summed E-state index contributed by atoms with van der Waals surface area (Å²) in [5.41, 5.74) is 0.179. The second-order valence-electron chi connectivity index (χ2n) is 3.47. The molecule has 3 N–H and O–H groups in total. The van der Waals surface area contributed by atoms with Crippen LogP contribution in [0.25, 0.3) is 0 Å². The normalized spacial score (nSPS) is 11.2. The van der Waals surface area contributed by atoms with Crippen LogP contribution in [0.2, 0.25) is 0 Å². The molecule has 5 nitrogen and oxygen atoms in total. The maximum atomic E-state index is 11.8. The molecule has 0 radical (unpaired) electrons. The van der Waals surface area contributed by atoms with E-state index in [1.165, 1.54) is 23.5 Å². The van der Waals surface area contributed by atoms with E-state index < -0.39 is 10.0 Å². The molecular weight excluding hydrogens is 272 g/mol. The van der Waals surface area contributed by atoms with Crippen molar-refractivity contribution in [2.45, 2.75) is 4.90 Å². The van der Waals surface area contributed by atoms with Crippen LogP contribution in [0.5, 0.6) is 0 Å². The van der Waals surface area contributed by atoms with Gasteiger partial charge in [-0.25, -0.2) is 13.6 Å². The standard InChI is InChI=1S/C11H10N2O3S2/c12-18(15,16)10-6-2-1-4-8(10)13-11(14)9-5-3-7-17-9/h1-7H,(H,13,14)(H2,12,15,16). The van der Waals surface area contributed by atoms with E-state index in [4.69, 9.17) is 5.14 Å². The summed E-state index contributed by atoms with van der Waals surface area (Å²) in [5.74, 6) is -0.360. The van der Waals surface area contributed by atoms with Crippen LogP contribution in [0.3, 0.4) is 0 Å². The Bertz CT molecular complexity index is 663. The highest BCUT2D eigenvalue weighted by Crippen LogP contribution is 2.20. The van der Waals surface area contributed by atoms with Gasteiger partial charge in [0.25, 0.3) is 5.91 Å². The molecule has 0 saturated heterocycles. The number of para-hydroxylation sites is 1. The van der Waals surface area contributed by atoms with Crippen LogP contribution in [0.15, 0.2) is 46.7 Å². The van der Waals surface area contributed by atoms with Crippen LogP contribution in [0.1, 0.15) is 9.67 Å². The lowest BCUT2D eigenvalue weighted by molar-refractivity contribution is 0.103. The van der Waals surface area contributed by atoms with Gasteiger partial charge in [0.2, 0.25) is 10.0 Å². The van der Waals surface area contributed by atoms with Gasteiger partial charge in [0, 0.05) is 0 Å². The largest absolute Gasteiger partial charge is 0.320 e. The Hall–Kier alpha value is -1.70. The lowest BCUT2D eigenvalue weighted by Crippen LogP contribution is -2.17. The highest BCUT2D eigenvalue weighted by Gasteiger charge is 2.15. The molecule has 18 heavy (non-hydrogen) atoms. The third kappa shape index (κ3) is 2.76. The van der Waals surface area contributed by atoms with Crippen molar-refractivity contribution in [2.24, 2.45) is 5.14 Å². The van der Waals surface area contributed by atoms with Crippen molar-refractivity contribution in [2.75, 3.05) is 5.32 Å². The Morgan fingerprint density at radius 2 is 1.89 bits per heavy atom. The van der Waals surface area contributed by atoms with E-state index in [0.717, 1.165) is 0 Å². The molecule has 0 unspecified atom stereocenters. The Labute approximate surface area is 108 Å². The third-order valence-electron chi connectivity index (χ3n) is 2.19. The van der Waals surface area contributed by atoms with Crippen LogP contribution in [-0.4, -0.2) is 14.3 Å². The molecule has 0 fully saturated rings.